The number of nitriles is 1. The van der Waals surface area contributed by atoms with Crippen molar-refractivity contribution in [3.05, 3.63) is 70.7 Å². The summed E-state index contributed by atoms with van der Waals surface area (Å²) in [7, 11) is 1.94. The standard InChI is InChI=1S/C30H32N6O2/c1-30(2)24-12-26(36-8-6-35(7-9-36)20-16-38-17-20)22(19-14-32-34(3)15-19)11-23(24)28(37)27-21-5-4-18(13-31)10-25(21)33-29(27)30/h4-5,10-12,14-15,20,28,33,37H,6-9,16-17H2,1-3H3/t28-/m0/s1. The predicted molar refractivity (Wildman–Crippen MR) is 146 cm³/mol. The van der Waals surface area contributed by atoms with Crippen molar-refractivity contribution in [2.24, 2.45) is 7.05 Å². The number of rotatable bonds is 3. The number of benzene rings is 2. The van der Waals surface area contributed by atoms with E-state index >= 15 is 0 Å². The van der Waals surface area contributed by atoms with Crippen molar-refractivity contribution in [2.75, 3.05) is 44.3 Å². The number of fused-ring (bicyclic) bond motifs is 4. The first-order chi connectivity index (χ1) is 18.3. The summed E-state index contributed by atoms with van der Waals surface area (Å²) in [4.78, 5) is 8.61. The van der Waals surface area contributed by atoms with E-state index < -0.39 is 6.10 Å². The van der Waals surface area contributed by atoms with E-state index in [1.54, 1.807) is 0 Å². The first-order valence-electron chi connectivity index (χ1n) is 13.3. The molecule has 0 bridgehead atoms. The molecule has 4 heterocycles. The van der Waals surface area contributed by atoms with Crippen molar-refractivity contribution in [1.82, 2.24) is 19.7 Å². The zero-order valence-corrected chi connectivity index (χ0v) is 22.0. The van der Waals surface area contributed by atoms with Gasteiger partial charge in [-0.2, -0.15) is 10.4 Å². The molecule has 0 unspecified atom stereocenters. The van der Waals surface area contributed by atoms with Crippen LogP contribution in [0.2, 0.25) is 0 Å². The van der Waals surface area contributed by atoms with Gasteiger partial charge >= 0.3 is 0 Å². The number of aromatic nitrogens is 3. The number of hydrogen-bond donors (Lipinski definition) is 2. The van der Waals surface area contributed by atoms with E-state index in [1.165, 1.54) is 5.69 Å². The molecule has 1 atom stereocenters. The summed E-state index contributed by atoms with van der Waals surface area (Å²) in [5.41, 5.74) is 8.45. The molecule has 7 rings (SSSR count). The van der Waals surface area contributed by atoms with Gasteiger partial charge in [0.05, 0.1) is 37.1 Å². The zero-order chi connectivity index (χ0) is 26.2. The normalized spacial score (nSPS) is 21.1. The van der Waals surface area contributed by atoms with E-state index in [0.717, 1.165) is 83.8 Å². The van der Waals surface area contributed by atoms with Gasteiger partial charge in [0.2, 0.25) is 0 Å². The third-order valence-corrected chi connectivity index (χ3v) is 8.81. The molecule has 0 spiro atoms. The molecule has 194 valence electrons. The van der Waals surface area contributed by atoms with E-state index in [0.29, 0.717) is 11.6 Å². The van der Waals surface area contributed by atoms with Crippen molar-refractivity contribution in [3.8, 4) is 17.2 Å². The van der Waals surface area contributed by atoms with Crippen LogP contribution in [-0.2, 0) is 17.2 Å². The molecule has 3 aliphatic rings. The van der Waals surface area contributed by atoms with E-state index in [-0.39, 0.29) is 5.41 Å². The summed E-state index contributed by atoms with van der Waals surface area (Å²) in [6, 6.07) is 12.9. The fourth-order valence-corrected chi connectivity index (χ4v) is 6.54. The molecule has 2 N–H and O–H groups in total. The second-order valence-corrected chi connectivity index (χ2v) is 11.4. The number of aliphatic hydroxyl groups excluding tert-OH is 1. The molecule has 0 saturated carbocycles. The number of H-pyrrole nitrogens is 1. The molecular weight excluding hydrogens is 476 g/mol. The quantitative estimate of drug-likeness (QED) is 0.439. The molecule has 2 fully saturated rings. The van der Waals surface area contributed by atoms with Crippen molar-refractivity contribution in [1.29, 1.82) is 5.26 Å². The fourth-order valence-electron chi connectivity index (χ4n) is 6.54. The highest BCUT2D eigenvalue weighted by Crippen LogP contribution is 2.51. The number of piperazine rings is 1. The fraction of sp³-hybridized carbons (Fsp3) is 0.400. The highest BCUT2D eigenvalue weighted by atomic mass is 16.5. The maximum Gasteiger partial charge on any atom is 0.107 e. The first kappa shape index (κ1) is 23.5. The molecule has 38 heavy (non-hydrogen) atoms. The number of anilines is 1. The van der Waals surface area contributed by atoms with Crippen LogP contribution >= 0.6 is 0 Å². The van der Waals surface area contributed by atoms with Crippen LogP contribution in [0.5, 0.6) is 0 Å². The van der Waals surface area contributed by atoms with Gasteiger partial charge in [-0.1, -0.05) is 19.9 Å². The van der Waals surface area contributed by atoms with Crippen molar-refractivity contribution in [2.45, 2.75) is 31.4 Å². The largest absolute Gasteiger partial charge is 0.384 e. The SMILES string of the molecule is Cn1cc(-c2cc3c(cc2N2CCN(C4COC4)CC2)C(C)(C)c2[nH]c4cc(C#N)ccc4c2[C@H]3O)cn1. The molecule has 4 aromatic rings. The second-order valence-electron chi connectivity index (χ2n) is 11.4. The lowest BCUT2D eigenvalue weighted by Gasteiger charge is -2.44. The topological polar surface area (TPSA) is 93.3 Å². The number of ether oxygens (including phenoxy) is 1. The van der Waals surface area contributed by atoms with Crippen molar-refractivity contribution in [3.63, 3.8) is 0 Å². The van der Waals surface area contributed by atoms with Crippen LogP contribution in [0, 0.1) is 11.3 Å². The highest BCUT2D eigenvalue weighted by Gasteiger charge is 2.41. The lowest BCUT2D eigenvalue weighted by atomic mass is 9.70. The summed E-state index contributed by atoms with van der Waals surface area (Å²) < 4.78 is 7.26. The Kier molecular flexibility index (Phi) is 5.21. The van der Waals surface area contributed by atoms with E-state index in [2.05, 4.69) is 51.9 Å². The number of nitrogens with one attached hydrogen (secondary N) is 1. The summed E-state index contributed by atoms with van der Waals surface area (Å²) in [6.45, 7) is 10.0. The minimum Gasteiger partial charge on any atom is -0.384 e. The number of aromatic amines is 1. The summed E-state index contributed by atoms with van der Waals surface area (Å²) in [6.07, 6.45) is 3.19. The van der Waals surface area contributed by atoms with Gasteiger partial charge in [-0.25, -0.2) is 0 Å². The third-order valence-electron chi connectivity index (χ3n) is 8.81. The Labute approximate surface area is 222 Å². The maximum atomic E-state index is 11.8. The average Bonchev–Trinajstić information content (AvgIpc) is 3.50. The molecule has 0 radical (unpaired) electrons. The average molecular weight is 509 g/mol. The van der Waals surface area contributed by atoms with Crippen LogP contribution in [0.3, 0.4) is 0 Å². The van der Waals surface area contributed by atoms with Crippen LogP contribution in [-0.4, -0.2) is 70.2 Å². The zero-order valence-electron chi connectivity index (χ0n) is 22.0. The Morgan fingerprint density at radius 2 is 1.92 bits per heavy atom. The lowest BCUT2D eigenvalue weighted by Crippen LogP contribution is -2.56. The van der Waals surface area contributed by atoms with Gasteiger partial charge in [-0.3, -0.25) is 9.58 Å². The summed E-state index contributed by atoms with van der Waals surface area (Å²) >= 11 is 0. The van der Waals surface area contributed by atoms with E-state index in [1.807, 2.05) is 42.3 Å². The van der Waals surface area contributed by atoms with E-state index in [4.69, 9.17) is 4.74 Å². The summed E-state index contributed by atoms with van der Waals surface area (Å²) in [5, 5.41) is 26.7. The number of nitrogens with zero attached hydrogens (tertiary/aromatic N) is 5. The van der Waals surface area contributed by atoms with Gasteiger partial charge in [0.1, 0.15) is 6.10 Å². The maximum absolute atomic E-state index is 11.8. The Hall–Kier alpha value is -3.64. The third kappa shape index (κ3) is 3.43. The monoisotopic (exact) mass is 508 g/mol. The van der Waals surface area contributed by atoms with Crippen LogP contribution in [0.15, 0.2) is 42.7 Å². The summed E-state index contributed by atoms with van der Waals surface area (Å²) in [5.74, 6) is 0. The molecule has 8 nitrogen and oxygen atoms in total. The Bertz CT molecular complexity index is 1600. The van der Waals surface area contributed by atoms with Gasteiger partial charge in [0.15, 0.2) is 0 Å². The van der Waals surface area contributed by atoms with Gasteiger partial charge < -0.3 is 19.7 Å². The van der Waals surface area contributed by atoms with E-state index in [9.17, 15) is 10.4 Å². The van der Waals surface area contributed by atoms with Gasteiger partial charge in [-0.15, -0.1) is 0 Å². The number of aryl methyl sites for hydroxylation is 1. The lowest BCUT2D eigenvalue weighted by molar-refractivity contribution is -0.0660. The molecule has 2 saturated heterocycles. The Balaban J connectivity index is 1.37. The van der Waals surface area contributed by atoms with Crippen LogP contribution in [0.4, 0.5) is 5.69 Å². The minimum absolute atomic E-state index is 0.358. The van der Waals surface area contributed by atoms with Crippen LogP contribution in [0.25, 0.3) is 22.0 Å². The van der Waals surface area contributed by atoms with Crippen molar-refractivity contribution < 1.29 is 9.84 Å². The smallest absolute Gasteiger partial charge is 0.107 e. The van der Waals surface area contributed by atoms with Gasteiger partial charge in [0, 0.05) is 83.8 Å². The number of aliphatic hydroxyl groups is 1. The predicted octanol–water partition coefficient (Wildman–Crippen LogP) is 3.68. The minimum atomic E-state index is -0.769. The highest BCUT2D eigenvalue weighted by molar-refractivity contribution is 5.89. The molecule has 2 aromatic carbocycles. The molecule has 8 heteroatoms. The Morgan fingerprint density at radius 1 is 1.13 bits per heavy atom. The van der Waals surface area contributed by atoms with Crippen molar-refractivity contribution >= 4 is 16.6 Å². The van der Waals surface area contributed by atoms with Crippen LogP contribution in [0.1, 0.15) is 47.9 Å². The molecule has 2 aliphatic heterocycles. The van der Waals surface area contributed by atoms with Gasteiger partial charge in [0.25, 0.3) is 0 Å². The first-order valence-corrected chi connectivity index (χ1v) is 13.3. The second kappa shape index (κ2) is 8.43. The molecule has 0 amide bonds. The number of hydrogen-bond acceptors (Lipinski definition) is 6. The van der Waals surface area contributed by atoms with Gasteiger partial charge in [-0.05, 0) is 35.4 Å². The molecular formula is C30H32N6O2. The molecule has 2 aromatic heterocycles. The molecule has 1 aliphatic carbocycles. The van der Waals surface area contributed by atoms with Crippen LogP contribution < -0.4 is 4.90 Å². The Morgan fingerprint density at radius 3 is 2.58 bits per heavy atom.